The molecule has 2 rings (SSSR count). The molecular formula is C25H34N2O2S. The average Bonchev–Trinajstić information content (AvgIpc) is 2.71. The van der Waals surface area contributed by atoms with Crippen molar-refractivity contribution >= 4 is 23.6 Å². The number of nitrogens with one attached hydrogen (secondary N) is 1. The number of benzene rings is 2. The van der Waals surface area contributed by atoms with Crippen molar-refractivity contribution in [3.05, 3.63) is 71.3 Å². The molecule has 162 valence electrons. The zero-order chi connectivity index (χ0) is 21.9. The number of carbonyl (C=O) groups excluding carboxylic acids is 2. The number of nitrogens with zero attached hydrogens (tertiary/aromatic N) is 1. The fraction of sp³-hybridized carbons (Fsp3) is 0.440. The summed E-state index contributed by atoms with van der Waals surface area (Å²) in [6.45, 7) is 8.46. The van der Waals surface area contributed by atoms with Crippen LogP contribution in [0.3, 0.4) is 0 Å². The second kappa shape index (κ2) is 12.4. The summed E-state index contributed by atoms with van der Waals surface area (Å²) in [6, 6.07) is 18.1. The van der Waals surface area contributed by atoms with Gasteiger partial charge in [0.15, 0.2) is 0 Å². The van der Waals surface area contributed by atoms with E-state index in [9.17, 15) is 9.59 Å². The first-order valence-corrected chi connectivity index (χ1v) is 11.8. The van der Waals surface area contributed by atoms with E-state index in [1.54, 1.807) is 16.7 Å². The molecule has 1 atom stereocenters. The van der Waals surface area contributed by atoms with Gasteiger partial charge in [-0.05, 0) is 44.7 Å². The van der Waals surface area contributed by atoms with Crippen LogP contribution in [0.1, 0.15) is 43.9 Å². The lowest BCUT2D eigenvalue weighted by atomic mass is 10.1. The summed E-state index contributed by atoms with van der Waals surface area (Å²) < 4.78 is 0. The van der Waals surface area contributed by atoms with E-state index in [0.717, 1.165) is 12.2 Å². The van der Waals surface area contributed by atoms with E-state index in [4.69, 9.17) is 0 Å². The number of hydrogen-bond acceptors (Lipinski definition) is 3. The first-order chi connectivity index (χ1) is 14.4. The molecule has 0 aliphatic carbocycles. The molecular weight excluding hydrogens is 392 g/mol. The molecule has 0 radical (unpaired) electrons. The molecule has 0 aliphatic heterocycles. The molecule has 1 N–H and O–H groups in total. The normalized spacial score (nSPS) is 11.9. The Hall–Kier alpha value is -2.27. The van der Waals surface area contributed by atoms with Gasteiger partial charge < -0.3 is 10.2 Å². The fourth-order valence-electron chi connectivity index (χ4n) is 3.42. The molecule has 0 spiro atoms. The third kappa shape index (κ3) is 7.86. The third-order valence-electron chi connectivity index (χ3n) is 4.88. The highest BCUT2D eigenvalue weighted by atomic mass is 32.2. The minimum absolute atomic E-state index is 0.0225. The van der Waals surface area contributed by atoms with Gasteiger partial charge in [0.1, 0.15) is 6.04 Å². The van der Waals surface area contributed by atoms with Crippen molar-refractivity contribution in [3.63, 3.8) is 0 Å². The molecule has 5 heteroatoms. The first-order valence-electron chi connectivity index (χ1n) is 10.7. The smallest absolute Gasteiger partial charge is 0.242 e. The van der Waals surface area contributed by atoms with Gasteiger partial charge in [0.2, 0.25) is 11.8 Å². The second-order valence-corrected chi connectivity index (χ2v) is 8.88. The summed E-state index contributed by atoms with van der Waals surface area (Å²) in [4.78, 5) is 27.7. The zero-order valence-corrected chi connectivity index (χ0v) is 19.4. The van der Waals surface area contributed by atoms with E-state index in [0.29, 0.717) is 18.7 Å². The number of amides is 2. The van der Waals surface area contributed by atoms with E-state index in [1.807, 2.05) is 45.0 Å². The summed E-state index contributed by atoms with van der Waals surface area (Å²) in [6.07, 6.45) is 1.34. The first kappa shape index (κ1) is 24.0. The van der Waals surface area contributed by atoms with Gasteiger partial charge in [-0.3, -0.25) is 9.59 Å². The van der Waals surface area contributed by atoms with Gasteiger partial charge in [0, 0.05) is 18.3 Å². The molecule has 0 aromatic heterocycles. The number of carbonyl (C=O) groups is 2. The number of rotatable bonds is 11. The highest BCUT2D eigenvalue weighted by Gasteiger charge is 2.28. The highest BCUT2D eigenvalue weighted by molar-refractivity contribution is 7.99. The standard InChI is InChI=1S/C25H34N2O2S/c1-5-23(25(29)26-19(2)3)27(15-14-21-11-7-6-8-12-21)24(28)18-30-17-22-13-9-10-20(4)16-22/h6-13,16,19,23H,5,14-15,17-18H2,1-4H3,(H,26,29). The maximum absolute atomic E-state index is 13.1. The lowest BCUT2D eigenvalue weighted by molar-refractivity contribution is -0.139. The molecule has 0 fully saturated rings. The van der Waals surface area contributed by atoms with Gasteiger partial charge in [-0.2, -0.15) is 0 Å². The van der Waals surface area contributed by atoms with Gasteiger partial charge in [-0.15, -0.1) is 11.8 Å². The predicted molar refractivity (Wildman–Crippen MR) is 127 cm³/mol. The average molecular weight is 427 g/mol. The molecule has 0 heterocycles. The molecule has 0 aliphatic rings. The maximum Gasteiger partial charge on any atom is 0.242 e. The van der Waals surface area contributed by atoms with Crippen molar-refractivity contribution in [1.82, 2.24) is 10.2 Å². The van der Waals surface area contributed by atoms with Crippen molar-refractivity contribution in [2.24, 2.45) is 0 Å². The van der Waals surface area contributed by atoms with Crippen LogP contribution in [0, 0.1) is 6.92 Å². The fourth-order valence-corrected chi connectivity index (χ4v) is 4.28. The molecule has 0 saturated heterocycles. The Kier molecular flexibility index (Phi) is 9.95. The van der Waals surface area contributed by atoms with Crippen LogP contribution >= 0.6 is 11.8 Å². The van der Waals surface area contributed by atoms with Crippen LogP contribution in [0.15, 0.2) is 54.6 Å². The van der Waals surface area contributed by atoms with Crippen LogP contribution < -0.4 is 5.32 Å². The van der Waals surface area contributed by atoms with E-state index in [2.05, 4.69) is 42.6 Å². The number of hydrogen-bond donors (Lipinski definition) is 1. The van der Waals surface area contributed by atoms with E-state index in [1.165, 1.54) is 16.7 Å². The topological polar surface area (TPSA) is 49.4 Å². The lowest BCUT2D eigenvalue weighted by Crippen LogP contribution is -2.51. The third-order valence-corrected chi connectivity index (χ3v) is 5.87. The Bertz CT molecular complexity index is 808. The van der Waals surface area contributed by atoms with Crippen LogP contribution in [0.25, 0.3) is 0 Å². The van der Waals surface area contributed by atoms with E-state index < -0.39 is 6.04 Å². The van der Waals surface area contributed by atoms with Crippen molar-refractivity contribution in [3.8, 4) is 0 Å². The van der Waals surface area contributed by atoms with Crippen LogP contribution in [0.5, 0.6) is 0 Å². The summed E-state index contributed by atoms with van der Waals surface area (Å²) in [7, 11) is 0. The van der Waals surface area contributed by atoms with Gasteiger partial charge in [-0.1, -0.05) is 67.1 Å². The van der Waals surface area contributed by atoms with Crippen LogP contribution in [0.4, 0.5) is 0 Å². The molecule has 2 amide bonds. The van der Waals surface area contributed by atoms with Crippen molar-refractivity contribution in [2.75, 3.05) is 12.3 Å². The zero-order valence-electron chi connectivity index (χ0n) is 18.6. The van der Waals surface area contributed by atoms with Gasteiger partial charge in [0.05, 0.1) is 5.75 Å². The summed E-state index contributed by atoms with van der Waals surface area (Å²) in [5.74, 6) is 1.11. The molecule has 30 heavy (non-hydrogen) atoms. The Balaban J connectivity index is 2.05. The van der Waals surface area contributed by atoms with Gasteiger partial charge in [-0.25, -0.2) is 0 Å². The van der Waals surface area contributed by atoms with Crippen LogP contribution in [0.2, 0.25) is 0 Å². The quantitative estimate of drug-likeness (QED) is 0.571. The number of aryl methyl sites for hydroxylation is 1. The van der Waals surface area contributed by atoms with Gasteiger partial charge >= 0.3 is 0 Å². The summed E-state index contributed by atoms with van der Waals surface area (Å²) in [5.41, 5.74) is 3.61. The molecule has 0 saturated carbocycles. The van der Waals surface area contributed by atoms with E-state index in [-0.39, 0.29) is 17.9 Å². The summed E-state index contributed by atoms with van der Waals surface area (Å²) in [5, 5.41) is 2.98. The van der Waals surface area contributed by atoms with Gasteiger partial charge in [0.25, 0.3) is 0 Å². The summed E-state index contributed by atoms with van der Waals surface area (Å²) >= 11 is 1.60. The lowest BCUT2D eigenvalue weighted by Gasteiger charge is -2.31. The predicted octanol–water partition coefficient (Wildman–Crippen LogP) is 4.60. The largest absolute Gasteiger partial charge is 0.352 e. The highest BCUT2D eigenvalue weighted by Crippen LogP contribution is 2.16. The van der Waals surface area contributed by atoms with Crippen molar-refractivity contribution in [2.45, 2.75) is 58.4 Å². The van der Waals surface area contributed by atoms with Crippen LogP contribution in [-0.4, -0.2) is 41.1 Å². The Morgan fingerprint density at radius 3 is 2.37 bits per heavy atom. The molecule has 2 aromatic carbocycles. The number of thioether (sulfide) groups is 1. The van der Waals surface area contributed by atoms with Crippen LogP contribution in [-0.2, 0) is 21.8 Å². The monoisotopic (exact) mass is 426 g/mol. The van der Waals surface area contributed by atoms with Crippen molar-refractivity contribution < 1.29 is 9.59 Å². The maximum atomic E-state index is 13.1. The molecule has 1 unspecified atom stereocenters. The minimum Gasteiger partial charge on any atom is -0.352 e. The minimum atomic E-state index is -0.441. The second-order valence-electron chi connectivity index (χ2n) is 7.89. The molecule has 2 aromatic rings. The Labute approximate surface area is 185 Å². The van der Waals surface area contributed by atoms with Crippen molar-refractivity contribution in [1.29, 1.82) is 0 Å². The Morgan fingerprint density at radius 1 is 1.03 bits per heavy atom. The molecule has 4 nitrogen and oxygen atoms in total. The van der Waals surface area contributed by atoms with E-state index >= 15 is 0 Å². The molecule has 0 bridgehead atoms. The SMILES string of the molecule is CCC(C(=O)NC(C)C)N(CCc1ccccc1)C(=O)CSCc1cccc(C)c1. The Morgan fingerprint density at radius 2 is 1.73 bits per heavy atom.